The Morgan fingerprint density at radius 2 is 1.27 bits per heavy atom. The van der Waals surface area contributed by atoms with Crippen LogP contribution in [0.25, 0.3) is 33.4 Å². The zero-order chi connectivity index (χ0) is 43.9. The van der Waals surface area contributed by atoms with Crippen molar-refractivity contribution in [1.29, 1.82) is 0 Å². The molecule has 0 amide bonds. The molecule has 314 valence electrons. The molecule has 2 atom stereocenters. The molecule has 0 saturated carbocycles. The van der Waals surface area contributed by atoms with Crippen LogP contribution in [0.15, 0.2) is 237 Å². The molecule has 0 bridgehead atoms. The fraction of sp³-hybridized carbons (Fsp3) is 0.0645. The van der Waals surface area contributed by atoms with Crippen molar-refractivity contribution in [2.24, 2.45) is 0 Å². The van der Waals surface area contributed by atoms with Gasteiger partial charge in [0.25, 0.3) is 0 Å². The van der Waals surface area contributed by atoms with Gasteiger partial charge in [-0.1, -0.05) is 164 Å². The predicted octanol–water partition coefficient (Wildman–Crippen LogP) is 16.1. The van der Waals surface area contributed by atoms with Gasteiger partial charge >= 0.3 is 0 Å². The fourth-order valence-electron chi connectivity index (χ4n) is 11.4. The van der Waals surface area contributed by atoms with Crippen molar-refractivity contribution < 1.29 is 9.47 Å². The minimum atomic E-state index is -0.481. The number of nitrogens with zero attached hydrogens (tertiary/aromatic N) is 2. The predicted molar refractivity (Wildman–Crippen MR) is 270 cm³/mol. The van der Waals surface area contributed by atoms with Gasteiger partial charge in [0.15, 0.2) is 23.0 Å². The largest absolute Gasteiger partial charge is 0.449 e. The first-order valence-corrected chi connectivity index (χ1v) is 22.8. The number of fused-ring (bicyclic) bond motifs is 16. The molecule has 13 rings (SSSR count). The van der Waals surface area contributed by atoms with Crippen LogP contribution in [0, 0.1) is 0 Å². The number of allylic oxidation sites excluding steroid dienone is 6. The third-order valence-electron chi connectivity index (χ3n) is 14.2. The number of hydrogen-bond acceptors (Lipinski definition) is 4. The van der Waals surface area contributed by atoms with Crippen molar-refractivity contribution in [2.45, 2.75) is 24.3 Å². The monoisotopic (exact) mass is 848 g/mol. The molecular weight excluding hydrogens is 805 g/mol. The van der Waals surface area contributed by atoms with E-state index in [1.807, 2.05) is 25.1 Å². The first-order chi connectivity index (χ1) is 32.6. The highest BCUT2D eigenvalue weighted by molar-refractivity contribution is 5.98. The Balaban J connectivity index is 0.886. The van der Waals surface area contributed by atoms with E-state index in [0.29, 0.717) is 23.2 Å². The zero-order valence-electron chi connectivity index (χ0n) is 36.4. The number of benzene rings is 8. The van der Waals surface area contributed by atoms with Gasteiger partial charge in [0.1, 0.15) is 0 Å². The second-order valence-corrected chi connectivity index (χ2v) is 17.5. The Morgan fingerprint density at radius 1 is 0.591 bits per heavy atom. The van der Waals surface area contributed by atoms with Crippen LogP contribution >= 0.6 is 0 Å². The van der Waals surface area contributed by atoms with Gasteiger partial charge in [-0.3, -0.25) is 0 Å². The smallest absolute Gasteiger partial charge is 0.178 e. The summed E-state index contributed by atoms with van der Waals surface area (Å²) in [7, 11) is 0. The average molecular weight is 849 g/mol. The zero-order valence-corrected chi connectivity index (χ0v) is 36.4. The molecule has 3 aliphatic carbocycles. The molecule has 4 nitrogen and oxygen atoms in total. The van der Waals surface area contributed by atoms with Crippen LogP contribution < -0.4 is 19.3 Å². The highest BCUT2D eigenvalue weighted by Crippen LogP contribution is 2.66. The summed E-state index contributed by atoms with van der Waals surface area (Å²) in [5, 5.41) is 0. The van der Waals surface area contributed by atoms with Gasteiger partial charge < -0.3 is 19.3 Å². The molecule has 4 heteroatoms. The second-order valence-electron chi connectivity index (χ2n) is 17.5. The Labute approximate surface area is 385 Å². The minimum absolute atomic E-state index is 0.256. The second kappa shape index (κ2) is 14.9. The molecule has 0 saturated heterocycles. The van der Waals surface area contributed by atoms with E-state index in [9.17, 15) is 0 Å². The number of rotatable bonds is 7. The van der Waals surface area contributed by atoms with Gasteiger partial charge in [-0.15, -0.1) is 0 Å². The molecule has 0 fully saturated rings. The third kappa shape index (κ3) is 5.45. The summed E-state index contributed by atoms with van der Waals surface area (Å²) in [6.07, 6.45) is 17.1. The van der Waals surface area contributed by atoms with Gasteiger partial charge in [-0.05, 0) is 123 Å². The van der Waals surface area contributed by atoms with Gasteiger partial charge in [-0.25, -0.2) is 0 Å². The lowest BCUT2D eigenvalue weighted by Gasteiger charge is -2.31. The number of ether oxygens (including phenoxy) is 2. The number of anilines is 4. The van der Waals surface area contributed by atoms with Crippen molar-refractivity contribution in [3.05, 3.63) is 265 Å². The van der Waals surface area contributed by atoms with Crippen molar-refractivity contribution in [2.75, 3.05) is 9.80 Å². The summed E-state index contributed by atoms with van der Waals surface area (Å²) in [5.74, 6) is 3.10. The Bertz CT molecular complexity index is 3400. The number of hydrogen-bond donors (Lipinski definition) is 0. The van der Waals surface area contributed by atoms with Crippen LogP contribution in [0.1, 0.15) is 40.7 Å². The molecule has 8 aromatic rings. The Hall–Kier alpha value is -8.34. The average Bonchev–Trinajstić information content (AvgIpc) is 3.99. The standard InChI is InChI=1S/C62H44N2O2/c1-3-5-18-42(4-2)63(44-19-16-17-41(38-44)40-30-32-43(33-31-40)64-55-28-14-9-22-48(55)49-23-10-15-29-56(49)64)45-34-36-57-59(39-45)66-61-58(65-57)37-35-54-60(61)50-24-8-13-27-53(50)62(54)51-25-11-6-20-46(51)47-21-7-12-26-52(47)62/h3-39,48,55H,2H2,1H3/b5-3-,42-18+. The molecular formula is C62H44N2O2. The Morgan fingerprint density at radius 3 is 2.05 bits per heavy atom. The highest BCUT2D eigenvalue weighted by Gasteiger charge is 2.53. The maximum atomic E-state index is 7.16. The van der Waals surface area contributed by atoms with Gasteiger partial charge in [-0.2, -0.15) is 0 Å². The van der Waals surface area contributed by atoms with E-state index in [2.05, 4.69) is 223 Å². The highest BCUT2D eigenvalue weighted by atomic mass is 16.6. The molecule has 8 aromatic carbocycles. The lowest BCUT2D eigenvalue weighted by molar-refractivity contribution is 0.360. The molecule has 5 aliphatic rings. The molecule has 2 aliphatic heterocycles. The summed E-state index contributed by atoms with van der Waals surface area (Å²) < 4.78 is 13.9. The summed E-state index contributed by atoms with van der Waals surface area (Å²) in [6.45, 7) is 6.32. The lowest BCUT2D eigenvalue weighted by atomic mass is 9.70. The van der Waals surface area contributed by atoms with Crippen molar-refractivity contribution >= 4 is 22.7 Å². The molecule has 0 aromatic heterocycles. The van der Waals surface area contributed by atoms with E-state index in [-0.39, 0.29) is 6.04 Å². The number of para-hydroxylation sites is 1. The third-order valence-corrected chi connectivity index (χ3v) is 14.2. The summed E-state index contributed by atoms with van der Waals surface area (Å²) in [4.78, 5) is 4.71. The minimum Gasteiger partial charge on any atom is -0.449 e. The van der Waals surface area contributed by atoms with E-state index in [1.165, 1.54) is 50.3 Å². The van der Waals surface area contributed by atoms with Gasteiger partial charge in [0.2, 0.25) is 0 Å². The van der Waals surface area contributed by atoms with Crippen molar-refractivity contribution in [3.63, 3.8) is 0 Å². The molecule has 2 unspecified atom stereocenters. The fourth-order valence-corrected chi connectivity index (χ4v) is 11.4. The summed E-state index contributed by atoms with van der Waals surface area (Å²) >= 11 is 0. The Kier molecular flexibility index (Phi) is 8.59. The normalized spacial score (nSPS) is 17.2. The summed E-state index contributed by atoms with van der Waals surface area (Å²) in [6, 6.07) is 63.9. The molecule has 66 heavy (non-hydrogen) atoms. The molecule has 0 radical (unpaired) electrons. The maximum Gasteiger partial charge on any atom is 0.178 e. The topological polar surface area (TPSA) is 24.9 Å². The first kappa shape index (κ1) is 38.1. The van der Waals surface area contributed by atoms with E-state index in [1.54, 1.807) is 0 Å². The first-order valence-electron chi connectivity index (χ1n) is 22.8. The van der Waals surface area contributed by atoms with E-state index >= 15 is 0 Å². The van der Waals surface area contributed by atoms with Crippen LogP contribution in [-0.2, 0) is 5.41 Å². The molecule has 2 heterocycles. The molecule has 0 N–H and O–H groups in total. The molecule has 1 spiro atoms. The lowest BCUT2D eigenvalue weighted by Crippen LogP contribution is -2.28. The van der Waals surface area contributed by atoms with Crippen LogP contribution in [0.5, 0.6) is 23.0 Å². The maximum absolute atomic E-state index is 7.16. The SMILES string of the molecule is C=C/C(=C\C=C/C)N(c1cccc(-c2ccc(N3c4ccccc4C4C=CC=CC43)cc2)c1)c1ccc2c(c1)Oc1c(ccc3c1-c1ccccc1C31c3ccccc3-c3ccccc31)O2. The van der Waals surface area contributed by atoms with E-state index in [4.69, 9.17) is 9.47 Å². The van der Waals surface area contributed by atoms with Crippen LogP contribution in [0.2, 0.25) is 0 Å². The van der Waals surface area contributed by atoms with Crippen LogP contribution in [-0.4, -0.2) is 6.04 Å². The van der Waals surface area contributed by atoms with Crippen molar-refractivity contribution in [3.8, 4) is 56.4 Å². The summed E-state index contributed by atoms with van der Waals surface area (Å²) in [5.41, 5.74) is 18.2. The van der Waals surface area contributed by atoms with E-state index in [0.717, 1.165) is 45.1 Å². The van der Waals surface area contributed by atoms with E-state index < -0.39 is 5.41 Å². The quantitative estimate of drug-likeness (QED) is 0.149. The van der Waals surface area contributed by atoms with Crippen LogP contribution in [0.4, 0.5) is 22.7 Å². The van der Waals surface area contributed by atoms with Crippen molar-refractivity contribution in [1.82, 2.24) is 0 Å². The van der Waals surface area contributed by atoms with Gasteiger partial charge in [0.05, 0.1) is 17.1 Å². The van der Waals surface area contributed by atoms with Gasteiger partial charge in [0, 0.05) is 40.3 Å². The van der Waals surface area contributed by atoms with Crippen LogP contribution in [0.3, 0.4) is 0 Å².